The van der Waals surface area contributed by atoms with E-state index in [4.69, 9.17) is 18.9 Å². The van der Waals surface area contributed by atoms with Gasteiger partial charge in [-0.2, -0.15) is 0 Å². The quantitative estimate of drug-likeness (QED) is 0.237. The Balaban J connectivity index is 1.35. The van der Waals surface area contributed by atoms with Gasteiger partial charge in [-0.1, -0.05) is 24.3 Å². The van der Waals surface area contributed by atoms with Gasteiger partial charge in [0, 0.05) is 36.3 Å². The molecule has 7 nitrogen and oxygen atoms in total. The largest absolute Gasteiger partial charge is 0.504 e. The van der Waals surface area contributed by atoms with Gasteiger partial charge < -0.3 is 24.1 Å². The first-order chi connectivity index (χ1) is 20.5. The van der Waals surface area contributed by atoms with E-state index in [1.807, 2.05) is 24.3 Å². The first-order valence-electron chi connectivity index (χ1n) is 14.7. The number of phenols is 1. The zero-order chi connectivity index (χ0) is 28.5. The summed E-state index contributed by atoms with van der Waals surface area (Å²) in [7, 11) is 6.03. The maximum absolute atomic E-state index is 10.9. The van der Waals surface area contributed by atoms with Gasteiger partial charge in [0.05, 0.1) is 7.11 Å². The summed E-state index contributed by atoms with van der Waals surface area (Å²) in [5.74, 6) is 4.92. The fourth-order valence-electron chi connectivity index (χ4n) is 7.11. The second-order valence-electron chi connectivity index (χ2n) is 11.9. The van der Waals surface area contributed by atoms with Crippen LogP contribution in [0.25, 0.3) is 0 Å². The summed E-state index contributed by atoms with van der Waals surface area (Å²) in [6, 6.07) is 20.5. The molecule has 0 radical (unpaired) electrons. The van der Waals surface area contributed by atoms with Crippen molar-refractivity contribution in [3.63, 3.8) is 0 Å². The zero-order valence-corrected chi connectivity index (χ0v) is 24.1. The minimum absolute atomic E-state index is 0.0735. The fourth-order valence-corrected chi connectivity index (χ4v) is 7.11. The summed E-state index contributed by atoms with van der Waals surface area (Å²) >= 11 is 0. The molecule has 7 heteroatoms. The predicted molar refractivity (Wildman–Crippen MR) is 160 cm³/mol. The summed E-state index contributed by atoms with van der Waals surface area (Å²) in [6.45, 7) is 1.85. The normalized spacial score (nSPS) is 20.6. The maximum Gasteiger partial charge on any atom is 0.212 e. The molecular weight excluding hydrogens is 528 g/mol. The van der Waals surface area contributed by atoms with Crippen molar-refractivity contribution in [3.05, 3.63) is 94.0 Å². The Kier molecular flexibility index (Phi) is 5.88. The molecule has 2 atom stereocenters. The van der Waals surface area contributed by atoms with E-state index in [9.17, 15) is 5.11 Å². The molecule has 5 aliphatic heterocycles. The molecule has 5 bridgehead atoms. The number of phenolic OH excluding ortho intramolecular Hbond substituents is 1. The third-order valence-corrected chi connectivity index (χ3v) is 9.46. The van der Waals surface area contributed by atoms with E-state index in [2.05, 4.69) is 54.2 Å². The molecule has 0 spiro atoms. The van der Waals surface area contributed by atoms with E-state index < -0.39 is 0 Å². The second-order valence-corrected chi connectivity index (χ2v) is 11.9. The van der Waals surface area contributed by atoms with Crippen molar-refractivity contribution in [2.75, 3.05) is 34.3 Å². The Bertz CT molecular complexity index is 1720. The number of hydrogen-bond acceptors (Lipinski definition) is 7. The van der Waals surface area contributed by atoms with Gasteiger partial charge in [-0.25, -0.2) is 0 Å². The van der Waals surface area contributed by atoms with Crippen LogP contribution in [0.3, 0.4) is 0 Å². The van der Waals surface area contributed by atoms with Crippen molar-refractivity contribution >= 4 is 0 Å². The SMILES string of the molecule is COc1cc2c3c4c1Oc1cc5c(cc1O4)C(Cc1cccc(O)c1Oc1ccc(cc1)CC3N(C)CC2)N(C)CC5. The molecular formula is C35H34N2O5. The third kappa shape index (κ3) is 4.02. The highest BCUT2D eigenvalue weighted by molar-refractivity contribution is 5.67. The minimum atomic E-state index is 0.0735. The Morgan fingerprint density at radius 2 is 1.48 bits per heavy atom. The second kappa shape index (κ2) is 9.68. The van der Waals surface area contributed by atoms with Crippen molar-refractivity contribution in [1.82, 2.24) is 9.80 Å². The lowest BCUT2D eigenvalue weighted by Gasteiger charge is -2.38. The van der Waals surface area contributed by atoms with Gasteiger partial charge in [-0.15, -0.1) is 0 Å². The molecule has 1 N–H and O–H groups in total. The summed E-state index contributed by atoms with van der Waals surface area (Å²) in [5, 5.41) is 10.9. The molecule has 0 saturated heterocycles. The smallest absolute Gasteiger partial charge is 0.212 e. The van der Waals surface area contributed by atoms with Crippen molar-refractivity contribution in [2.24, 2.45) is 0 Å². The number of fused-ring (bicyclic) bond motifs is 2. The monoisotopic (exact) mass is 562 g/mol. The molecule has 0 fully saturated rings. The molecule has 0 saturated carbocycles. The predicted octanol–water partition coefficient (Wildman–Crippen LogP) is 6.95. The Hall–Kier alpha value is -4.20. The van der Waals surface area contributed by atoms with Crippen LogP contribution in [-0.4, -0.2) is 49.2 Å². The summed E-state index contributed by atoms with van der Waals surface area (Å²) < 4.78 is 25.8. The molecule has 5 aliphatic rings. The molecule has 0 aliphatic carbocycles. The average Bonchev–Trinajstić information content (AvgIpc) is 3.00. The molecule has 214 valence electrons. The van der Waals surface area contributed by atoms with Gasteiger partial charge in [-0.3, -0.25) is 9.80 Å². The molecule has 4 aromatic carbocycles. The molecule has 42 heavy (non-hydrogen) atoms. The molecule has 5 heterocycles. The lowest BCUT2D eigenvalue weighted by atomic mass is 9.87. The number of aromatic hydroxyl groups is 1. The van der Waals surface area contributed by atoms with Gasteiger partial charge in [-0.05, 0) is 98.4 Å². The molecule has 2 unspecified atom stereocenters. The zero-order valence-electron chi connectivity index (χ0n) is 24.1. The van der Waals surface area contributed by atoms with Gasteiger partial charge in [0.15, 0.2) is 34.5 Å². The molecule has 9 rings (SSSR count). The van der Waals surface area contributed by atoms with Crippen molar-refractivity contribution in [2.45, 2.75) is 37.8 Å². The topological polar surface area (TPSA) is 63.6 Å². The fraction of sp³-hybridized carbons (Fsp3) is 0.314. The van der Waals surface area contributed by atoms with E-state index in [0.717, 1.165) is 55.2 Å². The van der Waals surface area contributed by atoms with E-state index in [1.165, 1.54) is 27.8 Å². The number of hydrogen-bond donors (Lipinski definition) is 1. The van der Waals surface area contributed by atoms with Gasteiger partial charge in [0.1, 0.15) is 5.75 Å². The highest BCUT2D eigenvalue weighted by Gasteiger charge is 2.37. The van der Waals surface area contributed by atoms with Crippen LogP contribution < -0.4 is 18.9 Å². The summed E-state index contributed by atoms with van der Waals surface area (Å²) in [5.41, 5.74) is 7.00. The van der Waals surface area contributed by atoms with E-state index in [0.29, 0.717) is 29.4 Å². The van der Waals surface area contributed by atoms with E-state index in [1.54, 1.807) is 13.2 Å². The Labute approximate surface area is 245 Å². The molecule has 0 aromatic heterocycles. The third-order valence-electron chi connectivity index (χ3n) is 9.46. The van der Waals surface area contributed by atoms with Crippen molar-refractivity contribution < 1.29 is 24.1 Å². The van der Waals surface area contributed by atoms with Crippen LogP contribution in [0.2, 0.25) is 0 Å². The van der Waals surface area contributed by atoms with Crippen LogP contribution in [0.4, 0.5) is 0 Å². The van der Waals surface area contributed by atoms with Crippen LogP contribution in [0.15, 0.2) is 60.7 Å². The first-order valence-corrected chi connectivity index (χ1v) is 14.7. The standard InChI is InChI=1S/C35H34N2O5/c1-36-13-11-21-17-29-30-19-25(21)26(36)16-23-5-4-6-28(38)33(23)40-24-9-7-20(8-10-24)15-27-32-22(12-14-37(27)2)18-31(39-3)34(41-29)35(32)42-30/h4-10,17-19,26-27,38H,11-16H2,1-3H3. The number of methoxy groups -OCH3 is 1. The van der Waals surface area contributed by atoms with Crippen molar-refractivity contribution in [3.8, 4) is 46.0 Å². The van der Waals surface area contributed by atoms with Gasteiger partial charge in [0.25, 0.3) is 0 Å². The van der Waals surface area contributed by atoms with Gasteiger partial charge in [0.2, 0.25) is 5.75 Å². The highest BCUT2D eigenvalue weighted by Crippen LogP contribution is 2.56. The Morgan fingerprint density at radius 3 is 2.29 bits per heavy atom. The van der Waals surface area contributed by atoms with Crippen LogP contribution in [-0.2, 0) is 25.7 Å². The van der Waals surface area contributed by atoms with Crippen LogP contribution in [0, 0.1) is 0 Å². The van der Waals surface area contributed by atoms with E-state index >= 15 is 0 Å². The molecule has 0 amide bonds. The number of rotatable bonds is 1. The number of benzene rings is 4. The molecule has 4 aromatic rings. The lowest BCUT2D eigenvalue weighted by Crippen LogP contribution is -2.34. The summed E-state index contributed by atoms with van der Waals surface area (Å²) in [4.78, 5) is 4.78. The minimum Gasteiger partial charge on any atom is -0.504 e. The number of ether oxygens (including phenoxy) is 4. The van der Waals surface area contributed by atoms with Crippen LogP contribution in [0.1, 0.15) is 45.5 Å². The highest BCUT2D eigenvalue weighted by atomic mass is 16.6. The number of nitrogens with zero attached hydrogens (tertiary/aromatic N) is 2. The first kappa shape index (κ1) is 25.5. The Morgan fingerprint density at radius 1 is 0.738 bits per heavy atom. The maximum atomic E-state index is 10.9. The number of para-hydroxylation sites is 1. The lowest BCUT2D eigenvalue weighted by molar-refractivity contribution is 0.218. The van der Waals surface area contributed by atoms with Gasteiger partial charge >= 0.3 is 0 Å². The van der Waals surface area contributed by atoms with Crippen LogP contribution >= 0.6 is 0 Å². The average molecular weight is 563 g/mol. The van der Waals surface area contributed by atoms with E-state index in [-0.39, 0.29) is 17.8 Å². The van der Waals surface area contributed by atoms with Crippen LogP contribution in [0.5, 0.6) is 46.0 Å². The number of likely N-dealkylation sites (N-methyl/N-ethyl adjacent to an activating group) is 2. The van der Waals surface area contributed by atoms with Crippen molar-refractivity contribution in [1.29, 1.82) is 0 Å². The summed E-state index contributed by atoms with van der Waals surface area (Å²) in [6.07, 6.45) is 3.30.